The predicted octanol–water partition coefficient (Wildman–Crippen LogP) is 4.93. The molecule has 0 aliphatic carbocycles. The Labute approximate surface area is 124 Å². The van der Waals surface area contributed by atoms with Crippen molar-refractivity contribution < 1.29 is 0 Å². The van der Waals surface area contributed by atoms with Gasteiger partial charge in [-0.25, -0.2) is 4.98 Å². The molecule has 0 atom stereocenters. The summed E-state index contributed by atoms with van der Waals surface area (Å²) in [6.45, 7) is 0. The van der Waals surface area contributed by atoms with E-state index in [-0.39, 0.29) is 0 Å². The molecule has 6 heteroatoms. The number of halogens is 2. The molecule has 0 aliphatic heterocycles. The molecule has 3 N–H and O–H groups in total. The number of nitrogens with two attached hydrogens (primary N) is 1. The van der Waals surface area contributed by atoms with Gasteiger partial charge in [0.25, 0.3) is 0 Å². The second kappa shape index (κ2) is 4.89. The summed E-state index contributed by atoms with van der Waals surface area (Å²) in [5.74, 6) is 0. The van der Waals surface area contributed by atoms with Crippen LogP contribution in [0, 0.1) is 0 Å². The summed E-state index contributed by atoms with van der Waals surface area (Å²) in [5, 5.41) is 4.34. The van der Waals surface area contributed by atoms with Crippen molar-refractivity contribution in [3.63, 3.8) is 0 Å². The number of thiazole rings is 1. The fraction of sp³-hybridized carbons (Fsp3) is 0. The molecular weight excluding hydrogens is 301 g/mol. The van der Waals surface area contributed by atoms with Crippen LogP contribution in [0.3, 0.4) is 0 Å². The van der Waals surface area contributed by atoms with Gasteiger partial charge in [0, 0.05) is 5.02 Å². The zero-order valence-corrected chi connectivity index (χ0v) is 12.0. The van der Waals surface area contributed by atoms with E-state index in [1.165, 1.54) is 0 Å². The van der Waals surface area contributed by atoms with E-state index in [9.17, 15) is 0 Å². The summed E-state index contributed by atoms with van der Waals surface area (Å²) < 4.78 is 1.06. The molecule has 1 aromatic heterocycles. The van der Waals surface area contributed by atoms with Crippen molar-refractivity contribution in [1.29, 1.82) is 0 Å². The van der Waals surface area contributed by atoms with Gasteiger partial charge in [0.05, 0.1) is 32.3 Å². The van der Waals surface area contributed by atoms with Gasteiger partial charge in [-0.2, -0.15) is 0 Å². The van der Waals surface area contributed by atoms with Crippen LogP contribution in [0.25, 0.3) is 10.2 Å². The van der Waals surface area contributed by atoms with Crippen LogP contribution >= 0.6 is 34.5 Å². The predicted molar refractivity (Wildman–Crippen MR) is 83.8 cm³/mol. The van der Waals surface area contributed by atoms with E-state index < -0.39 is 0 Å². The van der Waals surface area contributed by atoms with Crippen LogP contribution in [0.2, 0.25) is 10.0 Å². The maximum atomic E-state index is 6.13. The molecule has 19 heavy (non-hydrogen) atoms. The summed E-state index contributed by atoms with van der Waals surface area (Å²) in [7, 11) is 0. The smallest absolute Gasteiger partial charge is 0.106 e. The Hall–Kier alpha value is -1.49. The average Bonchev–Trinajstić information content (AvgIpc) is 2.85. The minimum absolute atomic E-state index is 0.547. The van der Waals surface area contributed by atoms with Gasteiger partial charge in [-0.15, -0.1) is 11.3 Å². The highest BCUT2D eigenvalue weighted by Gasteiger charge is 2.08. The molecule has 0 unspecified atom stereocenters. The number of anilines is 3. The summed E-state index contributed by atoms with van der Waals surface area (Å²) in [5.41, 5.74) is 10.8. The Balaban J connectivity index is 2.03. The topological polar surface area (TPSA) is 50.9 Å². The summed E-state index contributed by atoms with van der Waals surface area (Å²) >= 11 is 13.6. The number of hydrogen-bond donors (Lipinski definition) is 2. The van der Waals surface area contributed by atoms with E-state index in [0.29, 0.717) is 15.7 Å². The lowest BCUT2D eigenvalue weighted by Gasteiger charge is -2.11. The van der Waals surface area contributed by atoms with E-state index in [4.69, 9.17) is 28.9 Å². The Bertz CT molecular complexity index is 755. The molecule has 96 valence electrons. The van der Waals surface area contributed by atoms with Gasteiger partial charge in [-0.05, 0) is 30.3 Å². The number of nitrogen functional groups attached to an aromatic ring is 1. The zero-order chi connectivity index (χ0) is 13.4. The lowest BCUT2D eigenvalue weighted by atomic mass is 10.2. The molecule has 0 saturated heterocycles. The van der Waals surface area contributed by atoms with Gasteiger partial charge in [0.15, 0.2) is 0 Å². The first-order valence-electron chi connectivity index (χ1n) is 5.49. The van der Waals surface area contributed by atoms with Crippen molar-refractivity contribution in [2.24, 2.45) is 0 Å². The zero-order valence-electron chi connectivity index (χ0n) is 9.65. The Morgan fingerprint density at radius 1 is 1.11 bits per heavy atom. The first-order chi connectivity index (χ1) is 9.15. The van der Waals surface area contributed by atoms with Gasteiger partial charge in [0.2, 0.25) is 0 Å². The highest BCUT2D eigenvalue weighted by molar-refractivity contribution is 7.16. The largest absolute Gasteiger partial charge is 0.395 e. The van der Waals surface area contributed by atoms with Crippen molar-refractivity contribution >= 4 is 61.8 Å². The lowest BCUT2D eigenvalue weighted by molar-refractivity contribution is 1.49. The molecule has 0 amide bonds. The van der Waals surface area contributed by atoms with Crippen LogP contribution in [0.1, 0.15) is 0 Å². The quantitative estimate of drug-likeness (QED) is 0.660. The molecule has 3 rings (SSSR count). The monoisotopic (exact) mass is 309 g/mol. The third-order valence-electron chi connectivity index (χ3n) is 2.74. The maximum absolute atomic E-state index is 6.13. The van der Waals surface area contributed by atoms with E-state index in [0.717, 1.165) is 21.6 Å². The van der Waals surface area contributed by atoms with Gasteiger partial charge < -0.3 is 11.1 Å². The average molecular weight is 310 g/mol. The Kier molecular flexibility index (Phi) is 3.22. The van der Waals surface area contributed by atoms with Crippen molar-refractivity contribution in [3.05, 3.63) is 45.9 Å². The second-order valence-electron chi connectivity index (χ2n) is 3.98. The van der Waals surface area contributed by atoms with E-state index in [2.05, 4.69) is 10.3 Å². The fourth-order valence-corrected chi connectivity index (χ4v) is 2.95. The third-order valence-corrected chi connectivity index (χ3v) is 4.08. The molecule has 3 aromatic rings. The van der Waals surface area contributed by atoms with Gasteiger partial charge in [-0.3, -0.25) is 0 Å². The van der Waals surface area contributed by atoms with Crippen LogP contribution in [-0.2, 0) is 0 Å². The Morgan fingerprint density at radius 3 is 2.68 bits per heavy atom. The normalized spacial score (nSPS) is 10.8. The SMILES string of the molecule is Nc1c(Nc2ccc(Cl)cc2Cl)ccc2scnc12. The third kappa shape index (κ3) is 2.34. The lowest BCUT2D eigenvalue weighted by Crippen LogP contribution is -1.97. The molecule has 0 spiro atoms. The van der Waals surface area contributed by atoms with Crippen LogP contribution in [0.15, 0.2) is 35.8 Å². The molecule has 3 nitrogen and oxygen atoms in total. The Morgan fingerprint density at radius 2 is 1.89 bits per heavy atom. The van der Waals surface area contributed by atoms with Crippen molar-refractivity contribution in [2.75, 3.05) is 11.1 Å². The maximum Gasteiger partial charge on any atom is 0.106 e. The number of aromatic nitrogens is 1. The summed E-state index contributed by atoms with van der Waals surface area (Å²) in [6.07, 6.45) is 0. The number of nitrogens with zero attached hydrogens (tertiary/aromatic N) is 1. The highest BCUT2D eigenvalue weighted by atomic mass is 35.5. The molecule has 0 saturated carbocycles. The van der Waals surface area contributed by atoms with Crippen LogP contribution < -0.4 is 11.1 Å². The number of hydrogen-bond acceptors (Lipinski definition) is 4. The van der Waals surface area contributed by atoms with Crippen LogP contribution in [0.4, 0.5) is 17.1 Å². The van der Waals surface area contributed by atoms with Gasteiger partial charge in [0.1, 0.15) is 5.52 Å². The summed E-state index contributed by atoms with van der Waals surface area (Å²) in [6, 6.07) is 9.17. The molecule has 2 aromatic carbocycles. The minimum Gasteiger partial charge on any atom is -0.395 e. The molecule has 1 heterocycles. The van der Waals surface area contributed by atoms with Gasteiger partial charge in [-0.1, -0.05) is 23.2 Å². The number of rotatable bonds is 2. The van der Waals surface area contributed by atoms with E-state index in [1.54, 1.807) is 29.0 Å². The molecule has 0 aliphatic rings. The summed E-state index contributed by atoms with van der Waals surface area (Å²) in [4.78, 5) is 4.26. The highest BCUT2D eigenvalue weighted by Crippen LogP contribution is 2.34. The van der Waals surface area contributed by atoms with Crippen molar-refractivity contribution in [1.82, 2.24) is 4.98 Å². The number of fused-ring (bicyclic) bond motifs is 1. The first-order valence-corrected chi connectivity index (χ1v) is 7.12. The molecule has 0 radical (unpaired) electrons. The standard InChI is InChI=1S/C13H9Cl2N3S/c14-7-1-2-9(8(15)5-7)18-10-3-4-11-13(12(10)16)17-6-19-11/h1-6,18H,16H2. The molecular formula is C13H9Cl2N3S. The van der Waals surface area contributed by atoms with Crippen molar-refractivity contribution in [3.8, 4) is 0 Å². The van der Waals surface area contributed by atoms with E-state index in [1.807, 2.05) is 18.2 Å². The fourth-order valence-electron chi connectivity index (χ4n) is 1.80. The van der Waals surface area contributed by atoms with Crippen molar-refractivity contribution in [2.45, 2.75) is 0 Å². The van der Waals surface area contributed by atoms with E-state index >= 15 is 0 Å². The second-order valence-corrected chi connectivity index (χ2v) is 5.71. The first kappa shape index (κ1) is 12.5. The van der Waals surface area contributed by atoms with Crippen LogP contribution in [0.5, 0.6) is 0 Å². The van der Waals surface area contributed by atoms with Crippen LogP contribution in [-0.4, -0.2) is 4.98 Å². The number of nitrogens with one attached hydrogen (secondary N) is 1. The number of benzene rings is 2. The van der Waals surface area contributed by atoms with Gasteiger partial charge >= 0.3 is 0 Å². The minimum atomic E-state index is 0.547. The molecule has 0 bridgehead atoms. The molecule has 0 fully saturated rings.